The van der Waals surface area contributed by atoms with Gasteiger partial charge in [0.1, 0.15) is 11.4 Å². The van der Waals surface area contributed by atoms with Crippen molar-refractivity contribution < 1.29 is 24.2 Å². The first-order valence-corrected chi connectivity index (χ1v) is 10.1. The van der Waals surface area contributed by atoms with Gasteiger partial charge in [-0.05, 0) is 50.6 Å². The summed E-state index contributed by atoms with van der Waals surface area (Å²) in [6, 6.07) is 11.5. The first-order chi connectivity index (χ1) is 14.0. The number of carbonyl (C=O) groups is 2. The smallest absolute Gasteiger partial charge is 0.320 e. The Morgan fingerprint density at radius 2 is 1.63 bits per heavy atom. The number of nitrogens with one attached hydrogen (secondary N) is 1. The molecule has 0 bridgehead atoms. The van der Waals surface area contributed by atoms with Crippen LogP contribution in [-0.2, 0) is 20.7 Å². The van der Waals surface area contributed by atoms with Crippen molar-refractivity contribution in [1.82, 2.24) is 5.32 Å². The van der Waals surface area contributed by atoms with E-state index in [2.05, 4.69) is 5.32 Å². The normalized spacial score (nSPS) is 12.3. The molecular weight excluding hydrogens is 429 g/mol. The van der Waals surface area contributed by atoms with E-state index < -0.39 is 23.6 Å². The van der Waals surface area contributed by atoms with Crippen LogP contribution in [0.5, 0.6) is 5.75 Å². The van der Waals surface area contributed by atoms with Crippen LogP contribution in [0.25, 0.3) is 0 Å². The van der Waals surface area contributed by atoms with Crippen LogP contribution in [0.1, 0.15) is 38.0 Å². The van der Waals surface area contributed by atoms with Gasteiger partial charge in [-0.3, -0.25) is 9.59 Å². The zero-order chi connectivity index (χ0) is 22.3. The van der Waals surface area contributed by atoms with Crippen LogP contribution in [0.2, 0.25) is 10.0 Å². The molecule has 2 rings (SSSR count). The lowest BCUT2D eigenvalue weighted by atomic mass is 10.1. The fourth-order valence-electron chi connectivity index (χ4n) is 2.58. The fourth-order valence-corrected chi connectivity index (χ4v) is 3.11. The van der Waals surface area contributed by atoms with Crippen LogP contribution in [0, 0.1) is 0 Å². The number of hydrogen-bond donors (Lipinski definition) is 2. The van der Waals surface area contributed by atoms with Gasteiger partial charge in [-0.25, -0.2) is 0 Å². The molecule has 0 amide bonds. The first-order valence-electron chi connectivity index (χ1n) is 9.39. The SMILES string of the molecule is CC(C)(C)OC(=O)CNCC(O)c1ccc(OC(=O)Cc2c(Cl)cccc2Cl)cc1. The summed E-state index contributed by atoms with van der Waals surface area (Å²) in [5.74, 6) is -0.561. The van der Waals surface area contributed by atoms with Crippen molar-refractivity contribution in [2.24, 2.45) is 0 Å². The van der Waals surface area contributed by atoms with Crippen molar-refractivity contribution in [2.75, 3.05) is 13.1 Å². The van der Waals surface area contributed by atoms with Gasteiger partial charge in [0.15, 0.2) is 0 Å². The molecule has 0 fully saturated rings. The predicted octanol–water partition coefficient (Wildman–Crippen LogP) is 4.11. The number of rotatable bonds is 8. The second-order valence-electron chi connectivity index (χ2n) is 7.65. The Kier molecular flexibility index (Phi) is 8.67. The first kappa shape index (κ1) is 24.2. The highest BCUT2D eigenvalue weighted by atomic mass is 35.5. The van der Waals surface area contributed by atoms with Gasteiger partial charge >= 0.3 is 11.9 Å². The van der Waals surface area contributed by atoms with Gasteiger partial charge in [0, 0.05) is 22.2 Å². The molecule has 0 spiro atoms. The quantitative estimate of drug-likeness (QED) is 0.462. The monoisotopic (exact) mass is 453 g/mol. The van der Waals surface area contributed by atoms with Crippen molar-refractivity contribution in [3.8, 4) is 5.75 Å². The van der Waals surface area contributed by atoms with Crippen molar-refractivity contribution in [2.45, 2.75) is 38.9 Å². The molecule has 0 heterocycles. The molecule has 0 aliphatic carbocycles. The highest BCUT2D eigenvalue weighted by Gasteiger charge is 2.17. The van der Waals surface area contributed by atoms with Gasteiger partial charge in [0.05, 0.1) is 19.1 Å². The summed E-state index contributed by atoms with van der Waals surface area (Å²) in [7, 11) is 0. The second kappa shape index (κ2) is 10.8. The lowest BCUT2D eigenvalue weighted by Gasteiger charge is -2.20. The largest absolute Gasteiger partial charge is 0.459 e. The molecule has 162 valence electrons. The molecule has 0 aliphatic heterocycles. The van der Waals surface area contributed by atoms with Gasteiger partial charge in [-0.15, -0.1) is 0 Å². The maximum absolute atomic E-state index is 12.2. The lowest BCUT2D eigenvalue weighted by molar-refractivity contribution is -0.153. The topological polar surface area (TPSA) is 84.9 Å². The third kappa shape index (κ3) is 7.95. The van der Waals surface area contributed by atoms with E-state index in [0.29, 0.717) is 26.9 Å². The zero-order valence-corrected chi connectivity index (χ0v) is 18.6. The van der Waals surface area contributed by atoms with Crippen molar-refractivity contribution in [3.63, 3.8) is 0 Å². The van der Waals surface area contributed by atoms with Crippen LogP contribution >= 0.6 is 23.2 Å². The molecule has 1 unspecified atom stereocenters. The molecule has 2 aromatic rings. The zero-order valence-electron chi connectivity index (χ0n) is 17.1. The number of aliphatic hydroxyl groups is 1. The maximum Gasteiger partial charge on any atom is 0.320 e. The number of hydrogen-bond acceptors (Lipinski definition) is 6. The second-order valence-corrected chi connectivity index (χ2v) is 8.47. The minimum atomic E-state index is -0.834. The Morgan fingerprint density at radius 1 is 1.03 bits per heavy atom. The Balaban J connectivity index is 1.84. The lowest BCUT2D eigenvalue weighted by Crippen LogP contribution is -2.33. The molecular formula is C22H25Cl2NO5. The van der Waals surface area contributed by atoms with Crippen molar-refractivity contribution in [3.05, 3.63) is 63.6 Å². The van der Waals surface area contributed by atoms with E-state index in [9.17, 15) is 14.7 Å². The summed E-state index contributed by atoms with van der Waals surface area (Å²) in [6.45, 7) is 5.53. The van der Waals surface area contributed by atoms with E-state index in [4.69, 9.17) is 32.7 Å². The van der Waals surface area contributed by atoms with E-state index >= 15 is 0 Å². The number of ether oxygens (including phenoxy) is 2. The Bertz CT molecular complexity index is 858. The molecule has 30 heavy (non-hydrogen) atoms. The Hall–Kier alpha value is -2.12. The number of aliphatic hydroxyl groups excluding tert-OH is 1. The van der Waals surface area contributed by atoms with E-state index in [-0.39, 0.29) is 19.5 Å². The van der Waals surface area contributed by atoms with Crippen LogP contribution in [0.4, 0.5) is 0 Å². The standard InChI is InChI=1S/C22H25Cl2NO5/c1-22(2,3)30-21(28)13-25-12-19(26)14-7-9-15(10-8-14)29-20(27)11-16-17(23)5-4-6-18(16)24/h4-10,19,25-26H,11-13H2,1-3H3. The van der Waals surface area contributed by atoms with E-state index in [1.165, 1.54) is 0 Å². The van der Waals surface area contributed by atoms with Crippen LogP contribution in [0.15, 0.2) is 42.5 Å². The number of carbonyl (C=O) groups excluding carboxylic acids is 2. The third-order valence-corrected chi connectivity index (χ3v) is 4.61. The Morgan fingerprint density at radius 3 is 2.20 bits per heavy atom. The van der Waals surface area contributed by atoms with Gasteiger partial charge < -0.3 is 19.9 Å². The van der Waals surface area contributed by atoms with E-state index in [0.717, 1.165) is 0 Å². The van der Waals surface area contributed by atoms with Gasteiger partial charge in [0.2, 0.25) is 0 Å². The number of esters is 2. The summed E-state index contributed by atoms with van der Waals surface area (Å²) < 4.78 is 10.5. The third-order valence-electron chi connectivity index (χ3n) is 3.91. The van der Waals surface area contributed by atoms with E-state index in [1.807, 2.05) is 0 Å². The average Bonchev–Trinajstić information content (AvgIpc) is 2.64. The molecule has 0 radical (unpaired) electrons. The summed E-state index contributed by atoms with van der Waals surface area (Å²) >= 11 is 12.1. The fraction of sp³-hybridized carbons (Fsp3) is 0.364. The molecule has 6 nitrogen and oxygen atoms in total. The van der Waals surface area contributed by atoms with Crippen molar-refractivity contribution in [1.29, 1.82) is 0 Å². The minimum absolute atomic E-state index is 0.00533. The van der Waals surface area contributed by atoms with Crippen LogP contribution in [-0.4, -0.2) is 35.7 Å². The molecule has 8 heteroatoms. The van der Waals surface area contributed by atoms with Gasteiger partial charge in [-0.1, -0.05) is 41.4 Å². The highest BCUT2D eigenvalue weighted by Crippen LogP contribution is 2.25. The summed E-state index contributed by atoms with van der Waals surface area (Å²) in [6.07, 6.45) is -0.892. The molecule has 0 aliphatic rings. The average molecular weight is 454 g/mol. The number of halogens is 2. The maximum atomic E-state index is 12.2. The summed E-state index contributed by atoms with van der Waals surface area (Å²) in [5, 5.41) is 13.9. The van der Waals surface area contributed by atoms with Crippen LogP contribution in [0.3, 0.4) is 0 Å². The van der Waals surface area contributed by atoms with Crippen molar-refractivity contribution >= 4 is 35.1 Å². The minimum Gasteiger partial charge on any atom is -0.459 e. The molecule has 2 N–H and O–H groups in total. The molecule has 1 atom stereocenters. The molecule has 0 saturated heterocycles. The predicted molar refractivity (Wildman–Crippen MR) is 116 cm³/mol. The Labute approximate surface area is 186 Å². The highest BCUT2D eigenvalue weighted by molar-refractivity contribution is 6.36. The van der Waals surface area contributed by atoms with Crippen LogP contribution < -0.4 is 10.1 Å². The summed E-state index contributed by atoms with van der Waals surface area (Å²) in [4.78, 5) is 23.8. The summed E-state index contributed by atoms with van der Waals surface area (Å²) in [5.41, 5.74) is 0.566. The van der Waals surface area contributed by atoms with Gasteiger partial charge in [0.25, 0.3) is 0 Å². The van der Waals surface area contributed by atoms with E-state index in [1.54, 1.807) is 63.2 Å². The molecule has 0 aromatic heterocycles. The molecule has 0 saturated carbocycles. The molecule has 2 aromatic carbocycles. The van der Waals surface area contributed by atoms with Gasteiger partial charge in [-0.2, -0.15) is 0 Å². The number of benzene rings is 2.